The molecule has 3 rings (SSSR count). The number of hydrogen-bond acceptors (Lipinski definition) is 3. The fraction of sp³-hybridized carbons (Fsp3) is 0.696. The van der Waals surface area contributed by atoms with Crippen molar-refractivity contribution in [1.82, 2.24) is 0 Å². The molecule has 0 aromatic heterocycles. The highest BCUT2D eigenvalue weighted by molar-refractivity contribution is 5.92. The summed E-state index contributed by atoms with van der Waals surface area (Å²) < 4.78 is 0. The van der Waals surface area contributed by atoms with Crippen LogP contribution in [-0.4, -0.2) is 11.6 Å². The number of carbonyl (C=O) groups is 2. The van der Waals surface area contributed by atoms with Gasteiger partial charge in [-0.3, -0.25) is 9.59 Å². The monoisotopic (exact) mass is 355 g/mol. The van der Waals surface area contributed by atoms with E-state index < -0.39 is 0 Å². The van der Waals surface area contributed by atoms with Gasteiger partial charge in [0.15, 0.2) is 11.9 Å². The van der Waals surface area contributed by atoms with Crippen molar-refractivity contribution in [3.8, 4) is 17.9 Å². The smallest absolute Gasteiger partial charge is 0.155 e. The molecule has 0 spiro atoms. The first-order chi connectivity index (χ1) is 12.4. The Bertz CT molecular complexity index is 673. The van der Waals surface area contributed by atoms with Gasteiger partial charge < -0.3 is 0 Å². The molecule has 0 aliphatic heterocycles. The summed E-state index contributed by atoms with van der Waals surface area (Å²) in [6.07, 6.45) is 6.23. The fourth-order valence-electron chi connectivity index (χ4n) is 5.03. The van der Waals surface area contributed by atoms with Gasteiger partial charge in [0.1, 0.15) is 5.78 Å². The summed E-state index contributed by atoms with van der Waals surface area (Å²) in [5, 5.41) is 8.85. The summed E-state index contributed by atoms with van der Waals surface area (Å²) in [4.78, 5) is 24.2. The second kappa shape index (κ2) is 9.18. The van der Waals surface area contributed by atoms with E-state index in [2.05, 4.69) is 18.8 Å². The maximum atomic E-state index is 12.1. The van der Waals surface area contributed by atoms with Gasteiger partial charge in [0, 0.05) is 24.7 Å². The highest BCUT2D eigenvalue weighted by Crippen LogP contribution is 2.62. The van der Waals surface area contributed by atoms with Crippen molar-refractivity contribution in [2.24, 2.45) is 22.7 Å². The summed E-state index contributed by atoms with van der Waals surface area (Å²) in [6.45, 7) is 12.2. The van der Waals surface area contributed by atoms with E-state index in [0.29, 0.717) is 24.5 Å². The number of hydrogen-bond donors (Lipinski definition) is 0. The van der Waals surface area contributed by atoms with E-state index in [4.69, 9.17) is 5.26 Å². The molecule has 0 heterocycles. The molecule has 4 unspecified atom stereocenters. The molecule has 3 aliphatic rings. The first kappa shape index (κ1) is 22.2. The largest absolute Gasteiger partial charge is 0.299 e. The fourth-order valence-corrected chi connectivity index (χ4v) is 5.03. The van der Waals surface area contributed by atoms with Gasteiger partial charge in [-0.15, -0.1) is 0 Å². The summed E-state index contributed by atoms with van der Waals surface area (Å²) in [5.41, 5.74) is 0.649. The van der Waals surface area contributed by atoms with Gasteiger partial charge >= 0.3 is 0 Å². The molecule has 142 valence electrons. The molecule has 4 atom stereocenters. The van der Waals surface area contributed by atoms with Crippen molar-refractivity contribution in [1.29, 1.82) is 5.26 Å². The molecule has 3 nitrogen and oxygen atoms in total. The molecular formula is C23H33NO2. The molecule has 2 fully saturated rings. The van der Waals surface area contributed by atoms with Crippen molar-refractivity contribution in [2.75, 3.05) is 0 Å². The van der Waals surface area contributed by atoms with Gasteiger partial charge in [-0.25, -0.2) is 0 Å². The molecule has 3 heteroatoms. The molecule has 0 N–H and O–H groups in total. The second-order valence-corrected chi connectivity index (χ2v) is 7.29. The van der Waals surface area contributed by atoms with Gasteiger partial charge in [-0.2, -0.15) is 5.26 Å². The van der Waals surface area contributed by atoms with Gasteiger partial charge in [-0.1, -0.05) is 47.5 Å². The van der Waals surface area contributed by atoms with Gasteiger partial charge in [0.2, 0.25) is 0 Å². The zero-order valence-corrected chi connectivity index (χ0v) is 17.2. The lowest BCUT2D eigenvalue weighted by molar-refractivity contribution is -0.131. The molecule has 0 amide bonds. The minimum Gasteiger partial charge on any atom is -0.299 e. The minimum atomic E-state index is -0.324. The van der Waals surface area contributed by atoms with Crippen LogP contribution in [0.25, 0.3) is 0 Å². The number of nitriles is 1. The van der Waals surface area contributed by atoms with Crippen LogP contribution in [0.3, 0.4) is 0 Å². The number of allylic oxidation sites excluding steroid dienone is 2. The summed E-state index contributed by atoms with van der Waals surface area (Å²) in [5.74, 6) is 6.63. The SMILES string of the molecule is CC.CC.CC1C(=O)CCC2(C)C3=CC(=O)CCC3(C#CC#N)CCC12. The lowest BCUT2D eigenvalue weighted by Gasteiger charge is -2.56. The average molecular weight is 356 g/mol. The van der Waals surface area contributed by atoms with E-state index in [1.807, 2.05) is 40.7 Å². The Labute approximate surface area is 159 Å². The number of ketones is 2. The van der Waals surface area contributed by atoms with Crippen molar-refractivity contribution < 1.29 is 9.59 Å². The standard InChI is InChI=1S/C19H21NO2.2C2H6/c1-13-15-5-10-19(7-3-11-20)9-4-14(21)12-17(19)18(15,2)8-6-16(13)22;2*1-2/h12-13,15H,4-6,8-10H2,1-2H3;2*1-2H3. The minimum absolute atomic E-state index is 0.0543. The molecule has 0 radical (unpaired) electrons. The summed E-state index contributed by atoms with van der Waals surface area (Å²) >= 11 is 0. The summed E-state index contributed by atoms with van der Waals surface area (Å²) in [7, 11) is 0. The third kappa shape index (κ3) is 3.78. The first-order valence-electron chi connectivity index (χ1n) is 10.1. The highest BCUT2D eigenvalue weighted by Gasteiger charge is 2.56. The van der Waals surface area contributed by atoms with Crippen LogP contribution >= 0.6 is 0 Å². The maximum Gasteiger partial charge on any atom is 0.155 e. The van der Waals surface area contributed by atoms with Crippen LogP contribution in [0.1, 0.15) is 80.1 Å². The van der Waals surface area contributed by atoms with Gasteiger partial charge in [0.25, 0.3) is 0 Å². The Morgan fingerprint density at radius 3 is 2.35 bits per heavy atom. The van der Waals surface area contributed by atoms with Crippen molar-refractivity contribution in [2.45, 2.75) is 80.1 Å². The third-order valence-electron chi connectivity index (χ3n) is 6.29. The molecule has 2 saturated carbocycles. The van der Waals surface area contributed by atoms with E-state index in [0.717, 1.165) is 31.3 Å². The maximum absolute atomic E-state index is 12.1. The number of carbonyl (C=O) groups excluding carboxylic acids is 2. The van der Waals surface area contributed by atoms with E-state index >= 15 is 0 Å². The van der Waals surface area contributed by atoms with Crippen LogP contribution < -0.4 is 0 Å². The number of Topliss-reactive ketones (excluding diaryl/α,β-unsaturated/α-hetero) is 1. The predicted octanol–water partition coefficient (Wildman–Crippen LogP) is 5.26. The molecular weight excluding hydrogens is 322 g/mol. The second-order valence-electron chi connectivity index (χ2n) is 7.29. The van der Waals surface area contributed by atoms with E-state index in [9.17, 15) is 9.59 Å². The molecule has 0 saturated heterocycles. The van der Waals surface area contributed by atoms with Crippen LogP contribution in [0.2, 0.25) is 0 Å². The Morgan fingerprint density at radius 2 is 1.73 bits per heavy atom. The lowest BCUT2D eigenvalue weighted by atomic mass is 9.47. The van der Waals surface area contributed by atoms with Crippen molar-refractivity contribution in [3.05, 3.63) is 11.6 Å². The first-order valence-corrected chi connectivity index (χ1v) is 10.1. The number of fused-ring (bicyclic) bond motifs is 3. The van der Waals surface area contributed by atoms with Crippen LogP contribution in [0, 0.1) is 45.8 Å². The quantitative estimate of drug-likeness (QED) is 0.557. The van der Waals surface area contributed by atoms with E-state index in [1.165, 1.54) is 0 Å². The number of rotatable bonds is 0. The van der Waals surface area contributed by atoms with E-state index in [1.54, 1.807) is 6.08 Å². The molecule has 0 aromatic carbocycles. The van der Waals surface area contributed by atoms with Crippen molar-refractivity contribution >= 4 is 11.6 Å². The Morgan fingerprint density at radius 1 is 1.08 bits per heavy atom. The molecule has 0 aromatic rings. The van der Waals surface area contributed by atoms with Crippen LogP contribution in [-0.2, 0) is 9.59 Å². The van der Waals surface area contributed by atoms with Crippen LogP contribution in [0.4, 0.5) is 0 Å². The highest BCUT2D eigenvalue weighted by atomic mass is 16.1. The van der Waals surface area contributed by atoms with Crippen LogP contribution in [0.5, 0.6) is 0 Å². The normalized spacial score (nSPS) is 34.7. The zero-order valence-electron chi connectivity index (χ0n) is 17.2. The van der Waals surface area contributed by atoms with Gasteiger partial charge in [0.05, 0.1) is 5.41 Å². The zero-order chi connectivity index (χ0) is 20.0. The molecule has 0 bridgehead atoms. The van der Waals surface area contributed by atoms with Crippen LogP contribution in [0.15, 0.2) is 11.6 Å². The molecule has 26 heavy (non-hydrogen) atoms. The summed E-state index contributed by atoms with van der Waals surface area (Å²) in [6, 6.07) is 1.93. The number of nitrogens with zero attached hydrogens (tertiary/aromatic N) is 1. The Kier molecular flexibility index (Phi) is 7.83. The van der Waals surface area contributed by atoms with Crippen molar-refractivity contribution in [3.63, 3.8) is 0 Å². The Balaban J connectivity index is 0.000000791. The molecule has 3 aliphatic carbocycles. The third-order valence-corrected chi connectivity index (χ3v) is 6.29. The topological polar surface area (TPSA) is 57.9 Å². The Hall–Kier alpha value is -1.87. The van der Waals surface area contributed by atoms with E-state index in [-0.39, 0.29) is 22.5 Å². The van der Waals surface area contributed by atoms with Gasteiger partial charge in [-0.05, 0) is 48.7 Å². The predicted molar refractivity (Wildman–Crippen MR) is 105 cm³/mol. The lowest BCUT2D eigenvalue weighted by Crippen LogP contribution is -2.51. The average Bonchev–Trinajstić information content (AvgIpc) is 2.68.